The van der Waals surface area contributed by atoms with E-state index in [9.17, 15) is 9.90 Å². The number of hydrogen-bond donors (Lipinski definition) is 2. The Morgan fingerprint density at radius 2 is 1.89 bits per heavy atom. The summed E-state index contributed by atoms with van der Waals surface area (Å²) in [5.74, 6) is 1.06. The smallest absolute Gasteiger partial charge is 0.176 e. The minimum absolute atomic E-state index is 0.115. The first-order valence-electron chi connectivity index (χ1n) is 9.91. The minimum atomic E-state index is -0.606. The van der Waals surface area contributed by atoms with Crippen LogP contribution in [-0.2, 0) is 6.42 Å². The SMILES string of the molecule is O=C(CN1C[C@@H]2C[C@](O)(Cc3ccccc3)C[C@@H]2C1)c1ccc2[nH]nnc2c1. The van der Waals surface area contributed by atoms with Crippen molar-refractivity contribution in [3.05, 3.63) is 59.7 Å². The van der Waals surface area contributed by atoms with E-state index in [1.54, 1.807) is 6.07 Å². The topological polar surface area (TPSA) is 82.1 Å². The summed E-state index contributed by atoms with van der Waals surface area (Å²) in [6.45, 7) is 2.20. The first kappa shape index (κ1) is 17.5. The zero-order valence-electron chi connectivity index (χ0n) is 15.7. The van der Waals surface area contributed by atoms with Gasteiger partial charge >= 0.3 is 0 Å². The summed E-state index contributed by atoms with van der Waals surface area (Å²) in [4.78, 5) is 14.9. The van der Waals surface area contributed by atoms with E-state index in [0.717, 1.165) is 43.4 Å². The number of aromatic amines is 1. The Morgan fingerprint density at radius 3 is 2.64 bits per heavy atom. The van der Waals surface area contributed by atoms with Gasteiger partial charge in [0.15, 0.2) is 5.78 Å². The summed E-state index contributed by atoms with van der Waals surface area (Å²) in [7, 11) is 0. The van der Waals surface area contributed by atoms with Crippen LogP contribution in [0.25, 0.3) is 11.0 Å². The second-order valence-corrected chi connectivity index (χ2v) is 8.48. The van der Waals surface area contributed by atoms with Gasteiger partial charge in [0.25, 0.3) is 0 Å². The number of Topliss-reactive ketones (excluding diaryl/α,β-unsaturated/α-hetero) is 1. The van der Waals surface area contributed by atoms with Crippen molar-refractivity contribution in [2.75, 3.05) is 19.6 Å². The molecule has 0 bridgehead atoms. The van der Waals surface area contributed by atoms with Crippen LogP contribution in [0.3, 0.4) is 0 Å². The third-order valence-electron chi connectivity index (χ3n) is 6.33. The molecule has 3 aromatic rings. The largest absolute Gasteiger partial charge is 0.390 e. The zero-order chi connectivity index (χ0) is 19.1. The number of carbonyl (C=O) groups excluding carboxylic acids is 1. The Balaban J connectivity index is 1.20. The van der Waals surface area contributed by atoms with Crippen LogP contribution in [0.2, 0.25) is 0 Å². The van der Waals surface area contributed by atoms with E-state index in [1.807, 2.05) is 30.3 Å². The van der Waals surface area contributed by atoms with Crippen molar-refractivity contribution in [3.8, 4) is 0 Å². The highest BCUT2D eigenvalue weighted by Gasteiger charge is 2.48. The molecule has 2 heterocycles. The Bertz CT molecular complexity index is 986. The maximum atomic E-state index is 12.7. The van der Waals surface area contributed by atoms with Crippen molar-refractivity contribution in [1.29, 1.82) is 0 Å². The number of ketones is 1. The number of rotatable bonds is 5. The van der Waals surface area contributed by atoms with Crippen LogP contribution in [-0.4, -0.2) is 56.4 Å². The molecule has 1 aliphatic carbocycles. The summed E-state index contributed by atoms with van der Waals surface area (Å²) < 4.78 is 0. The van der Waals surface area contributed by atoms with Gasteiger partial charge in [-0.2, -0.15) is 0 Å². The van der Waals surface area contributed by atoms with E-state index in [-0.39, 0.29) is 5.78 Å². The van der Waals surface area contributed by atoms with Crippen molar-refractivity contribution in [2.45, 2.75) is 24.9 Å². The monoisotopic (exact) mass is 376 g/mol. The molecule has 6 nitrogen and oxygen atoms in total. The molecule has 144 valence electrons. The Morgan fingerprint density at radius 1 is 1.14 bits per heavy atom. The summed E-state index contributed by atoms with van der Waals surface area (Å²) in [5.41, 5.74) is 2.82. The summed E-state index contributed by atoms with van der Waals surface area (Å²) in [5, 5.41) is 21.6. The first-order chi connectivity index (χ1) is 13.6. The molecule has 2 aromatic carbocycles. The van der Waals surface area contributed by atoms with Gasteiger partial charge in [0.1, 0.15) is 5.52 Å². The van der Waals surface area contributed by atoms with Gasteiger partial charge in [0, 0.05) is 25.1 Å². The summed E-state index contributed by atoms with van der Waals surface area (Å²) in [6.07, 6.45) is 2.36. The number of nitrogens with one attached hydrogen (secondary N) is 1. The standard InChI is InChI=1S/C22H24N4O2/c27-21(16-6-7-19-20(8-16)24-25-23-19)14-26-12-17-10-22(28,11-18(17)13-26)9-15-4-2-1-3-5-15/h1-8,17-18,28H,9-14H2,(H,23,24,25)/t17-,18+,22+. The fourth-order valence-corrected chi connectivity index (χ4v) is 5.12. The van der Waals surface area contributed by atoms with Gasteiger partial charge in [-0.05, 0) is 48.4 Å². The molecule has 28 heavy (non-hydrogen) atoms. The van der Waals surface area contributed by atoms with Gasteiger partial charge in [0.2, 0.25) is 0 Å². The van der Waals surface area contributed by atoms with Crippen LogP contribution in [0.4, 0.5) is 0 Å². The molecule has 1 saturated carbocycles. The Kier molecular flexibility index (Phi) is 4.25. The molecule has 1 aromatic heterocycles. The van der Waals surface area contributed by atoms with E-state index in [1.165, 1.54) is 5.56 Å². The van der Waals surface area contributed by atoms with Crippen molar-refractivity contribution >= 4 is 16.8 Å². The Labute approximate surface area is 163 Å². The number of likely N-dealkylation sites (tertiary alicyclic amines) is 1. The van der Waals surface area contributed by atoms with E-state index >= 15 is 0 Å². The molecular formula is C22H24N4O2. The van der Waals surface area contributed by atoms with Gasteiger partial charge in [0.05, 0.1) is 17.7 Å². The molecule has 0 unspecified atom stereocenters. The van der Waals surface area contributed by atoms with Crippen LogP contribution in [0, 0.1) is 11.8 Å². The predicted molar refractivity (Wildman–Crippen MR) is 106 cm³/mol. The number of aliphatic hydroxyl groups is 1. The van der Waals surface area contributed by atoms with Gasteiger partial charge in [-0.1, -0.05) is 35.5 Å². The number of aromatic nitrogens is 3. The number of H-pyrrole nitrogens is 1. The second kappa shape index (κ2) is 6.79. The first-order valence-corrected chi connectivity index (χ1v) is 9.91. The van der Waals surface area contributed by atoms with Gasteiger partial charge < -0.3 is 5.11 Å². The molecule has 2 fully saturated rings. The number of hydrogen-bond acceptors (Lipinski definition) is 5. The van der Waals surface area contributed by atoms with Crippen LogP contribution in [0.1, 0.15) is 28.8 Å². The van der Waals surface area contributed by atoms with E-state index in [0.29, 0.717) is 23.9 Å². The highest BCUT2D eigenvalue weighted by molar-refractivity contribution is 6.00. The highest BCUT2D eigenvalue weighted by atomic mass is 16.3. The molecule has 3 atom stereocenters. The molecule has 0 amide bonds. The fraction of sp³-hybridized carbons (Fsp3) is 0.409. The third-order valence-corrected chi connectivity index (χ3v) is 6.33. The molecule has 6 heteroatoms. The number of benzene rings is 2. The Hall–Kier alpha value is -2.57. The quantitative estimate of drug-likeness (QED) is 0.669. The fourth-order valence-electron chi connectivity index (χ4n) is 5.12. The number of carbonyl (C=O) groups is 1. The molecule has 0 spiro atoms. The lowest BCUT2D eigenvalue weighted by atomic mass is 9.91. The average molecular weight is 376 g/mol. The molecule has 0 radical (unpaired) electrons. The third kappa shape index (κ3) is 3.34. The van der Waals surface area contributed by atoms with E-state index in [4.69, 9.17) is 0 Å². The van der Waals surface area contributed by atoms with Crippen molar-refractivity contribution in [2.24, 2.45) is 11.8 Å². The average Bonchev–Trinajstić information content (AvgIpc) is 3.35. The van der Waals surface area contributed by atoms with E-state index in [2.05, 4.69) is 32.4 Å². The van der Waals surface area contributed by atoms with Gasteiger partial charge in [-0.25, -0.2) is 0 Å². The van der Waals surface area contributed by atoms with Gasteiger partial charge in [-0.15, -0.1) is 5.10 Å². The number of fused-ring (bicyclic) bond motifs is 2. The zero-order valence-corrected chi connectivity index (χ0v) is 15.7. The normalized spacial score (nSPS) is 27.3. The van der Waals surface area contributed by atoms with Crippen molar-refractivity contribution in [1.82, 2.24) is 20.3 Å². The van der Waals surface area contributed by atoms with Crippen LogP contribution in [0.5, 0.6) is 0 Å². The lowest BCUT2D eigenvalue weighted by Crippen LogP contribution is -2.34. The molecule has 5 rings (SSSR count). The van der Waals surface area contributed by atoms with Gasteiger partial charge in [-0.3, -0.25) is 14.8 Å². The molecule has 2 aliphatic rings. The highest BCUT2D eigenvalue weighted by Crippen LogP contribution is 2.45. The molecule has 1 aliphatic heterocycles. The minimum Gasteiger partial charge on any atom is -0.390 e. The van der Waals surface area contributed by atoms with E-state index < -0.39 is 5.60 Å². The number of nitrogens with zero attached hydrogens (tertiary/aromatic N) is 3. The van der Waals surface area contributed by atoms with Crippen molar-refractivity contribution in [3.63, 3.8) is 0 Å². The molecule has 1 saturated heterocycles. The van der Waals surface area contributed by atoms with Crippen LogP contribution < -0.4 is 0 Å². The lowest BCUT2D eigenvalue weighted by molar-refractivity contribution is 0.0355. The van der Waals surface area contributed by atoms with Crippen LogP contribution in [0.15, 0.2) is 48.5 Å². The molecule has 2 N–H and O–H groups in total. The van der Waals surface area contributed by atoms with Crippen LogP contribution >= 0.6 is 0 Å². The lowest BCUT2D eigenvalue weighted by Gasteiger charge is -2.26. The maximum absolute atomic E-state index is 12.7. The predicted octanol–water partition coefficient (Wildman–Crippen LogP) is 2.46. The summed E-state index contributed by atoms with van der Waals surface area (Å²) in [6, 6.07) is 15.7. The van der Waals surface area contributed by atoms with Crippen molar-refractivity contribution < 1.29 is 9.90 Å². The maximum Gasteiger partial charge on any atom is 0.176 e. The molecular weight excluding hydrogens is 352 g/mol. The second-order valence-electron chi connectivity index (χ2n) is 8.48. The summed E-state index contributed by atoms with van der Waals surface area (Å²) >= 11 is 0.